The molecule has 2 heteroatoms. The summed E-state index contributed by atoms with van der Waals surface area (Å²) in [6.07, 6.45) is 14.2. The number of hydrogen-bond donors (Lipinski definition) is 0. The van der Waals surface area contributed by atoms with Gasteiger partial charge in [0, 0.05) is 25.2 Å². The predicted octanol–water partition coefficient (Wildman–Crippen LogP) is 6.63. The van der Waals surface area contributed by atoms with E-state index < -0.39 is 0 Å². The highest BCUT2D eigenvalue weighted by atomic mass is 16.1. The van der Waals surface area contributed by atoms with Crippen LogP contribution in [0.4, 0.5) is 0 Å². The Hall–Kier alpha value is -0.920. The van der Waals surface area contributed by atoms with Crippen LogP contribution in [0.1, 0.15) is 92.4 Å². The molecular weight excluding hydrogens is 356 g/mol. The van der Waals surface area contributed by atoms with Gasteiger partial charge in [0.25, 0.3) is 0 Å². The average molecular weight is 399 g/mol. The molecule has 2 nitrogen and oxygen atoms in total. The van der Waals surface area contributed by atoms with Crippen LogP contribution in [0.25, 0.3) is 0 Å². The number of ketones is 2. The summed E-state index contributed by atoms with van der Waals surface area (Å²) in [5.74, 6) is 4.79. The second-order valence-electron chi connectivity index (χ2n) is 12.0. The molecule has 4 aliphatic rings. The van der Waals surface area contributed by atoms with E-state index in [2.05, 4.69) is 46.8 Å². The standard InChI is InChI=1S/C27H42O2/c1-17(2)7-6-8-18(3)21-9-10-22-20-16-25(29)24-15-19(28)11-13-27(24,5)23(20)12-14-26(21,22)4/h6,8,17-18,20-24H,7,9-16H2,1-5H3/b8-6+/t18-,20+,21-,22+,23+,24-,26-,27-/m1/s1. The molecule has 0 aromatic heterocycles. The third-order valence-corrected chi connectivity index (χ3v) is 10.0. The van der Waals surface area contributed by atoms with E-state index in [1.807, 2.05) is 0 Å². The van der Waals surface area contributed by atoms with Crippen molar-refractivity contribution in [1.29, 1.82) is 0 Å². The Kier molecular flexibility index (Phi) is 5.62. The SMILES string of the molecule is CC(C)C/C=C/[C@@H](C)[C@H]1CC[C@H]2[C@@H]3CC(=O)[C@H]4CC(=O)CC[C@]4(C)[C@H]3CC[C@]12C. The minimum absolute atomic E-state index is 0.0180. The third kappa shape index (κ3) is 3.47. The Labute approximate surface area is 178 Å². The van der Waals surface area contributed by atoms with Crippen molar-refractivity contribution < 1.29 is 9.59 Å². The fraction of sp³-hybridized carbons (Fsp3) is 0.852. The normalized spacial score (nSPS) is 45.9. The Morgan fingerprint density at radius 3 is 2.41 bits per heavy atom. The van der Waals surface area contributed by atoms with Gasteiger partial charge in [-0.3, -0.25) is 9.59 Å². The van der Waals surface area contributed by atoms with Crippen molar-refractivity contribution in [3.8, 4) is 0 Å². The molecule has 8 atom stereocenters. The molecule has 0 amide bonds. The van der Waals surface area contributed by atoms with Gasteiger partial charge in [0.1, 0.15) is 11.6 Å². The first kappa shape index (κ1) is 21.3. The Morgan fingerprint density at radius 2 is 1.69 bits per heavy atom. The van der Waals surface area contributed by atoms with E-state index in [0.29, 0.717) is 53.5 Å². The zero-order valence-corrected chi connectivity index (χ0v) is 19.4. The fourth-order valence-corrected chi connectivity index (χ4v) is 8.44. The van der Waals surface area contributed by atoms with Crippen LogP contribution in [0.15, 0.2) is 12.2 Å². The second kappa shape index (κ2) is 7.65. The van der Waals surface area contributed by atoms with Crippen LogP contribution in [0.2, 0.25) is 0 Å². The lowest BCUT2D eigenvalue weighted by Gasteiger charge is -2.59. The van der Waals surface area contributed by atoms with Crippen LogP contribution in [0.3, 0.4) is 0 Å². The summed E-state index contributed by atoms with van der Waals surface area (Å²) in [6.45, 7) is 11.9. The smallest absolute Gasteiger partial charge is 0.137 e. The molecule has 0 radical (unpaired) electrons. The average Bonchev–Trinajstić information content (AvgIpc) is 3.00. The number of allylic oxidation sites excluding steroid dienone is 2. The zero-order valence-electron chi connectivity index (χ0n) is 19.4. The molecule has 0 heterocycles. The van der Waals surface area contributed by atoms with E-state index in [1.54, 1.807) is 0 Å². The van der Waals surface area contributed by atoms with Gasteiger partial charge >= 0.3 is 0 Å². The lowest BCUT2D eigenvalue weighted by molar-refractivity contribution is -0.158. The Balaban J connectivity index is 1.55. The topological polar surface area (TPSA) is 34.1 Å². The van der Waals surface area contributed by atoms with Crippen molar-refractivity contribution in [3.05, 3.63) is 12.2 Å². The van der Waals surface area contributed by atoms with E-state index in [4.69, 9.17) is 0 Å². The molecule has 4 saturated carbocycles. The summed E-state index contributed by atoms with van der Waals surface area (Å²) in [4.78, 5) is 25.3. The van der Waals surface area contributed by atoms with E-state index in [0.717, 1.165) is 24.7 Å². The highest BCUT2D eigenvalue weighted by Gasteiger charge is 2.62. The van der Waals surface area contributed by atoms with Crippen molar-refractivity contribution in [2.45, 2.75) is 92.4 Å². The van der Waals surface area contributed by atoms with Gasteiger partial charge in [-0.1, -0.05) is 46.8 Å². The number of carbonyl (C=O) groups excluding carboxylic acids is 2. The van der Waals surface area contributed by atoms with Crippen LogP contribution in [0, 0.1) is 52.3 Å². The molecule has 0 unspecified atom stereocenters. The lowest BCUT2D eigenvalue weighted by atomic mass is 9.44. The fourth-order valence-electron chi connectivity index (χ4n) is 8.44. The largest absolute Gasteiger partial charge is 0.300 e. The summed E-state index contributed by atoms with van der Waals surface area (Å²) in [7, 11) is 0. The summed E-state index contributed by atoms with van der Waals surface area (Å²) >= 11 is 0. The highest BCUT2D eigenvalue weighted by Crippen LogP contribution is 2.67. The molecule has 0 aromatic carbocycles. The van der Waals surface area contributed by atoms with Crippen molar-refractivity contribution >= 4 is 11.6 Å². The van der Waals surface area contributed by atoms with E-state index in [9.17, 15) is 9.59 Å². The first-order valence-electron chi connectivity index (χ1n) is 12.4. The molecule has 0 bridgehead atoms. The van der Waals surface area contributed by atoms with Gasteiger partial charge in [-0.2, -0.15) is 0 Å². The molecule has 0 spiro atoms. The monoisotopic (exact) mass is 398 g/mol. The summed E-state index contributed by atoms with van der Waals surface area (Å²) in [5.41, 5.74) is 0.465. The van der Waals surface area contributed by atoms with Gasteiger partial charge in [-0.25, -0.2) is 0 Å². The Bertz CT molecular complexity index is 691. The van der Waals surface area contributed by atoms with Gasteiger partial charge in [0.2, 0.25) is 0 Å². The molecule has 4 fully saturated rings. The number of rotatable bonds is 4. The maximum absolute atomic E-state index is 13.2. The van der Waals surface area contributed by atoms with Gasteiger partial charge in [0.05, 0.1) is 0 Å². The zero-order chi connectivity index (χ0) is 21.0. The van der Waals surface area contributed by atoms with Gasteiger partial charge in [0.15, 0.2) is 0 Å². The summed E-state index contributed by atoms with van der Waals surface area (Å²) in [5, 5.41) is 0. The first-order chi connectivity index (χ1) is 13.7. The molecule has 4 aliphatic carbocycles. The van der Waals surface area contributed by atoms with E-state index >= 15 is 0 Å². The highest BCUT2D eigenvalue weighted by molar-refractivity contribution is 5.90. The van der Waals surface area contributed by atoms with Crippen LogP contribution >= 0.6 is 0 Å². The van der Waals surface area contributed by atoms with Crippen molar-refractivity contribution in [2.75, 3.05) is 0 Å². The minimum Gasteiger partial charge on any atom is -0.300 e. The van der Waals surface area contributed by atoms with Gasteiger partial charge < -0.3 is 0 Å². The molecule has 0 aliphatic heterocycles. The lowest BCUT2D eigenvalue weighted by Crippen LogP contribution is -2.56. The third-order valence-electron chi connectivity index (χ3n) is 10.0. The van der Waals surface area contributed by atoms with E-state index in [-0.39, 0.29) is 11.3 Å². The summed E-state index contributed by atoms with van der Waals surface area (Å²) < 4.78 is 0. The molecular formula is C27H42O2. The Morgan fingerprint density at radius 1 is 0.966 bits per heavy atom. The molecule has 0 saturated heterocycles. The predicted molar refractivity (Wildman–Crippen MR) is 118 cm³/mol. The number of carbonyl (C=O) groups is 2. The van der Waals surface area contributed by atoms with Crippen LogP contribution < -0.4 is 0 Å². The molecule has 0 aromatic rings. The second-order valence-corrected chi connectivity index (χ2v) is 12.0. The minimum atomic E-state index is 0.0180. The number of hydrogen-bond acceptors (Lipinski definition) is 2. The summed E-state index contributed by atoms with van der Waals surface area (Å²) in [6, 6.07) is 0. The molecule has 0 N–H and O–H groups in total. The van der Waals surface area contributed by atoms with Crippen LogP contribution in [-0.4, -0.2) is 11.6 Å². The first-order valence-corrected chi connectivity index (χ1v) is 12.4. The molecule has 29 heavy (non-hydrogen) atoms. The maximum atomic E-state index is 13.2. The quantitative estimate of drug-likeness (QED) is 0.498. The van der Waals surface area contributed by atoms with E-state index in [1.165, 1.54) is 32.1 Å². The van der Waals surface area contributed by atoms with Crippen LogP contribution in [0.5, 0.6) is 0 Å². The molecule has 162 valence electrons. The van der Waals surface area contributed by atoms with Gasteiger partial charge in [-0.15, -0.1) is 0 Å². The van der Waals surface area contributed by atoms with Gasteiger partial charge in [-0.05, 0) is 84.9 Å². The maximum Gasteiger partial charge on any atom is 0.137 e. The number of fused-ring (bicyclic) bond motifs is 5. The van der Waals surface area contributed by atoms with Crippen molar-refractivity contribution in [2.24, 2.45) is 52.3 Å². The van der Waals surface area contributed by atoms with Crippen molar-refractivity contribution in [3.63, 3.8) is 0 Å². The number of Topliss-reactive ketones (excluding diaryl/α,β-unsaturated/α-hetero) is 2. The van der Waals surface area contributed by atoms with Crippen molar-refractivity contribution in [1.82, 2.24) is 0 Å². The molecule has 4 rings (SSSR count). The van der Waals surface area contributed by atoms with Crippen LogP contribution in [-0.2, 0) is 9.59 Å².